The standard InChI is InChI=1S/C14H21NO5S/c1-19-14-6-5-13(8-11(14)10-16)21(17,18)15-9-12-4-2-3-7-20-12/h5-6,8,12,15-16H,2-4,7,9-10H2,1H3. The van der Waals surface area contributed by atoms with Crippen LogP contribution in [0.3, 0.4) is 0 Å². The molecule has 1 aliphatic rings. The maximum Gasteiger partial charge on any atom is 0.240 e. The van der Waals surface area contributed by atoms with Crippen molar-refractivity contribution in [1.82, 2.24) is 4.72 Å². The highest BCUT2D eigenvalue weighted by atomic mass is 32.2. The van der Waals surface area contributed by atoms with Gasteiger partial charge >= 0.3 is 0 Å². The maximum atomic E-state index is 12.3. The monoisotopic (exact) mass is 315 g/mol. The smallest absolute Gasteiger partial charge is 0.240 e. The highest BCUT2D eigenvalue weighted by molar-refractivity contribution is 7.89. The molecule has 21 heavy (non-hydrogen) atoms. The zero-order valence-electron chi connectivity index (χ0n) is 12.0. The normalized spacial score (nSPS) is 19.4. The lowest BCUT2D eigenvalue weighted by Gasteiger charge is -2.22. The predicted octanol–water partition coefficient (Wildman–Crippen LogP) is 1.03. The fourth-order valence-corrected chi connectivity index (χ4v) is 3.42. The van der Waals surface area contributed by atoms with Crippen LogP contribution in [0.5, 0.6) is 5.75 Å². The second-order valence-electron chi connectivity index (χ2n) is 4.97. The molecule has 118 valence electrons. The summed E-state index contributed by atoms with van der Waals surface area (Å²) in [6.45, 7) is 0.671. The van der Waals surface area contributed by atoms with Crippen molar-refractivity contribution >= 4 is 10.0 Å². The predicted molar refractivity (Wildman–Crippen MR) is 77.7 cm³/mol. The van der Waals surface area contributed by atoms with Crippen molar-refractivity contribution in [2.75, 3.05) is 20.3 Å². The Morgan fingerprint density at radius 3 is 2.86 bits per heavy atom. The molecule has 1 aromatic carbocycles. The van der Waals surface area contributed by atoms with E-state index in [0.717, 1.165) is 19.3 Å². The number of rotatable bonds is 6. The lowest BCUT2D eigenvalue weighted by molar-refractivity contribution is 0.0200. The number of hydrogen-bond donors (Lipinski definition) is 2. The summed E-state index contributed by atoms with van der Waals surface area (Å²) in [6.07, 6.45) is 2.89. The van der Waals surface area contributed by atoms with Crippen molar-refractivity contribution in [2.24, 2.45) is 0 Å². The molecule has 0 aliphatic carbocycles. The molecular weight excluding hydrogens is 294 g/mol. The van der Waals surface area contributed by atoms with Gasteiger partial charge in [-0.05, 0) is 37.5 Å². The van der Waals surface area contributed by atoms with Gasteiger partial charge in [-0.15, -0.1) is 0 Å². The van der Waals surface area contributed by atoms with Crippen LogP contribution < -0.4 is 9.46 Å². The summed E-state index contributed by atoms with van der Waals surface area (Å²) >= 11 is 0. The van der Waals surface area contributed by atoms with Crippen LogP contribution in [0.2, 0.25) is 0 Å². The Labute approximate surface area is 125 Å². The number of benzene rings is 1. The second-order valence-corrected chi connectivity index (χ2v) is 6.74. The van der Waals surface area contributed by atoms with Crippen LogP contribution in [0.4, 0.5) is 0 Å². The Balaban J connectivity index is 2.07. The van der Waals surface area contributed by atoms with Crippen molar-refractivity contribution in [3.8, 4) is 5.75 Å². The van der Waals surface area contributed by atoms with Crippen LogP contribution >= 0.6 is 0 Å². The van der Waals surface area contributed by atoms with E-state index in [1.54, 1.807) is 0 Å². The van der Waals surface area contributed by atoms with E-state index in [2.05, 4.69) is 4.72 Å². The van der Waals surface area contributed by atoms with E-state index in [1.165, 1.54) is 25.3 Å². The first-order valence-corrected chi connectivity index (χ1v) is 8.44. The van der Waals surface area contributed by atoms with Crippen LogP contribution in [0, 0.1) is 0 Å². The Hall–Kier alpha value is -1.15. The van der Waals surface area contributed by atoms with Gasteiger partial charge in [0.2, 0.25) is 10.0 Å². The molecule has 0 saturated carbocycles. The summed E-state index contributed by atoms with van der Waals surface area (Å²) in [5.74, 6) is 0.465. The summed E-state index contributed by atoms with van der Waals surface area (Å²) in [6, 6.07) is 4.42. The molecule has 0 bridgehead atoms. The van der Waals surface area contributed by atoms with Crippen LogP contribution in [0.15, 0.2) is 23.1 Å². The fourth-order valence-electron chi connectivity index (χ4n) is 2.30. The van der Waals surface area contributed by atoms with E-state index in [4.69, 9.17) is 9.47 Å². The molecule has 1 heterocycles. The summed E-state index contributed by atoms with van der Waals surface area (Å²) < 4.78 is 37.6. The van der Waals surface area contributed by atoms with Gasteiger partial charge in [-0.25, -0.2) is 13.1 Å². The Bertz CT molecular complexity index is 567. The third-order valence-corrected chi connectivity index (χ3v) is 4.93. The molecule has 6 nitrogen and oxygen atoms in total. The van der Waals surface area contributed by atoms with E-state index in [9.17, 15) is 13.5 Å². The lowest BCUT2D eigenvalue weighted by atomic mass is 10.1. The number of aliphatic hydroxyl groups is 1. The first-order valence-electron chi connectivity index (χ1n) is 6.96. The molecule has 7 heteroatoms. The molecule has 0 aromatic heterocycles. The molecule has 1 aliphatic heterocycles. The van der Waals surface area contributed by atoms with E-state index in [0.29, 0.717) is 17.9 Å². The van der Waals surface area contributed by atoms with Gasteiger partial charge in [0, 0.05) is 18.7 Å². The van der Waals surface area contributed by atoms with Crippen molar-refractivity contribution in [1.29, 1.82) is 0 Å². The Morgan fingerprint density at radius 2 is 2.24 bits per heavy atom. The molecule has 0 spiro atoms. The molecule has 0 amide bonds. The SMILES string of the molecule is COc1ccc(S(=O)(=O)NCC2CCCCO2)cc1CO. The average molecular weight is 315 g/mol. The zero-order valence-corrected chi connectivity index (χ0v) is 12.9. The molecule has 0 radical (unpaired) electrons. The highest BCUT2D eigenvalue weighted by Crippen LogP contribution is 2.22. The van der Waals surface area contributed by atoms with Crippen LogP contribution in [0.25, 0.3) is 0 Å². The highest BCUT2D eigenvalue weighted by Gasteiger charge is 2.20. The molecule has 1 aromatic rings. The number of hydrogen-bond acceptors (Lipinski definition) is 5. The van der Waals surface area contributed by atoms with Crippen LogP contribution in [0.1, 0.15) is 24.8 Å². The number of sulfonamides is 1. The van der Waals surface area contributed by atoms with Crippen molar-refractivity contribution < 1.29 is 23.0 Å². The third kappa shape index (κ3) is 4.16. The third-order valence-electron chi connectivity index (χ3n) is 3.51. The molecule has 1 fully saturated rings. The molecule has 2 N–H and O–H groups in total. The largest absolute Gasteiger partial charge is 0.496 e. The topological polar surface area (TPSA) is 84.9 Å². The second kappa shape index (κ2) is 7.22. The average Bonchev–Trinajstić information content (AvgIpc) is 2.53. The minimum absolute atomic E-state index is 0.0657. The van der Waals surface area contributed by atoms with E-state index in [1.807, 2.05) is 0 Å². The minimum atomic E-state index is -3.61. The van der Waals surface area contributed by atoms with E-state index < -0.39 is 10.0 Å². The van der Waals surface area contributed by atoms with Crippen molar-refractivity contribution in [2.45, 2.75) is 36.9 Å². The van der Waals surface area contributed by atoms with Gasteiger partial charge in [-0.3, -0.25) is 0 Å². The summed E-state index contributed by atoms with van der Waals surface area (Å²) in [5.41, 5.74) is 0.439. The summed E-state index contributed by atoms with van der Waals surface area (Å²) in [4.78, 5) is 0.114. The number of methoxy groups -OCH3 is 1. The molecule has 2 rings (SSSR count). The van der Waals surface area contributed by atoms with E-state index >= 15 is 0 Å². The van der Waals surface area contributed by atoms with Crippen LogP contribution in [-0.4, -0.2) is 39.9 Å². The molecule has 1 atom stereocenters. The summed E-state index contributed by atoms with van der Waals surface area (Å²) in [7, 11) is -2.14. The number of ether oxygens (including phenoxy) is 2. The van der Waals surface area contributed by atoms with Gasteiger partial charge in [0.15, 0.2) is 0 Å². The molecule has 1 saturated heterocycles. The van der Waals surface area contributed by atoms with Gasteiger partial charge in [-0.1, -0.05) is 0 Å². The number of nitrogens with one attached hydrogen (secondary N) is 1. The maximum absolute atomic E-state index is 12.3. The van der Waals surface area contributed by atoms with Crippen molar-refractivity contribution in [3.05, 3.63) is 23.8 Å². The van der Waals surface area contributed by atoms with Gasteiger partial charge < -0.3 is 14.6 Å². The zero-order chi connectivity index (χ0) is 15.3. The van der Waals surface area contributed by atoms with Gasteiger partial charge in [0.1, 0.15) is 5.75 Å². The fraction of sp³-hybridized carbons (Fsp3) is 0.571. The van der Waals surface area contributed by atoms with Crippen LogP contribution in [-0.2, 0) is 21.4 Å². The Kier molecular flexibility index (Phi) is 5.58. The summed E-state index contributed by atoms with van der Waals surface area (Å²) in [5, 5.41) is 9.26. The molecule has 1 unspecified atom stereocenters. The van der Waals surface area contributed by atoms with Gasteiger partial charge in [-0.2, -0.15) is 0 Å². The Morgan fingerprint density at radius 1 is 1.43 bits per heavy atom. The molecular formula is C14H21NO5S. The first kappa shape index (κ1) is 16.2. The van der Waals surface area contributed by atoms with Gasteiger partial charge in [0.05, 0.1) is 24.7 Å². The minimum Gasteiger partial charge on any atom is -0.496 e. The first-order chi connectivity index (χ1) is 10.1. The quantitative estimate of drug-likeness (QED) is 0.819. The lowest BCUT2D eigenvalue weighted by Crippen LogP contribution is -2.35. The van der Waals surface area contributed by atoms with Gasteiger partial charge in [0.25, 0.3) is 0 Å². The van der Waals surface area contributed by atoms with Crippen molar-refractivity contribution in [3.63, 3.8) is 0 Å². The van der Waals surface area contributed by atoms with E-state index in [-0.39, 0.29) is 24.2 Å². The number of aliphatic hydroxyl groups excluding tert-OH is 1.